The summed E-state index contributed by atoms with van der Waals surface area (Å²) in [6, 6.07) is 10.6. The van der Waals surface area contributed by atoms with Gasteiger partial charge in [-0.1, -0.05) is 37.8 Å². The van der Waals surface area contributed by atoms with Crippen LogP contribution in [-0.4, -0.2) is 71.1 Å². The van der Waals surface area contributed by atoms with E-state index >= 15 is 0 Å². The molecular formula is C24H30N6O3. The molecule has 1 N–H and O–H groups in total. The van der Waals surface area contributed by atoms with Gasteiger partial charge in [-0.05, 0) is 29.7 Å². The molecule has 0 spiro atoms. The van der Waals surface area contributed by atoms with Crippen molar-refractivity contribution in [3.63, 3.8) is 0 Å². The van der Waals surface area contributed by atoms with Gasteiger partial charge in [-0.15, -0.1) is 0 Å². The minimum atomic E-state index is -0.380. The molecule has 0 saturated carbocycles. The third kappa shape index (κ3) is 5.31. The fraction of sp³-hybridized carbons (Fsp3) is 0.417. The van der Waals surface area contributed by atoms with Crippen LogP contribution >= 0.6 is 0 Å². The van der Waals surface area contributed by atoms with E-state index in [1.807, 2.05) is 4.90 Å². The number of benzene rings is 1. The average Bonchev–Trinajstić information content (AvgIpc) is 3.30. The molecule has 3 heterocycles. The lowest BCUT2D eigenvalue weighted by Crippen LogP contribution is -2.49. The van der Waals surface area contributed by atoms with Crippen molar-refractivity contribution < 1.29 is 14.3 Å². The second kappa shape index (κ2) is 10.4. The van der Waals surface area contributed by atoms with Gasteiger partial charge in [-0.25, -0.2) is 9.78 Å². The fourth-order valence-corrected chi connectivity index (χ4v) is 4.31. The minimum Gasteiger partial charge on any atom is -0.447 e. The van der Waals surface area contributed by atoms with Crippen LogP contribution in [0.1, 0.15) is 30.5 Å². The average molecular weight is 451 g/mol. The fourth-order valence-electron chi connectivity index (χ4n) is 4.31. The summed E-state index contributed by atoms with van der Waals surface area (Å²) in [6.07, 6.45) is 3.65. The Kier molecular flexibility index (Phi) is 7.19. The first kappa shape index (κ1) is 22.7. The summed E-state index contributed by atoms with van der Waals surface area (Å²) in [5.74, 6) is 1.01. The molecule has 174 valence electrons. The van der Waals surface area contributed by atoms with E-state index in [1.165, 1.54) is 16.5 Å². The van der Waals surface area contributed by atoms with Crippen molar-refractivity contribution in [1.82, 2.24) is 19.8 Å². The van der Waals surface area contributed by atoms with Crippen LogP contribution in [-0.2, 0) is 16.1 Å². The van der Waals surface area contributed by atoms with Gasteiger partial charge in [0.2, 0.25) is 11.9 Å². The normalized spacial score (nSPS) is 17.5. The minimum absolute atomic E-state index is 0.00873. The number of anilines is 2. The largest absolute Gasteiger partial charge is 0.447 e. The number of carbonyl (C=O) groups excluding carboxylic acids is 2. The van der Waals surface area contributed by atoms with Crippen molar-refractivity contribution in [2.24, 2.45) is 0 Å². The molecule has 2 saturated heterocycles. The number of ether oxygens (including phenoxy) is 1. The number of nitrogens with zero attached hydrogens (tertiary/aromatic N) is 5. The molecule has 1 aromatic heterocycles. The first-order chi connectivity index (χ1) is 16.1. The highest BCUT2D eigenvalue weighted by Gasteiger charge is 2.26. The van der Waals surface area contributed by atoms with Gasteiger partial charge in [0.05, 0.1) is 6.54 Å². The molecule has 2 amide bonds. The number of cyclic esters (lactones) is 1. The lowest BCUT2D eigenvalue weighted by Gasteiger charge is -2.39. The number of nitrogens with one attached hydrogen (secondary N) is 1. The van der Waals surface area contributed by atoms with Gasteiger partial charge >= 0.3 is 6.09 Å². The van der Waals surface area contributed by atoms with Crippen LogP contribution in [0, 0.1) is 0 Å². The molecule has 2 aromatic rings. The molecule has 1 aromatic carbocycles. The maximum absolute atomic E-state index is 11.8. The standard InChI is InChI=1S/C24H30N6O3/c1-3-20(28-11-13-29(14-12-28)22(31)4-2)19-7-5-18(6-8-19)17-26-23-25-10-9-21(27-23)30-15-16-33-24(30)32/h4-10,20H,2-3,11-17H2,1H3,(H,25,26,27). The van der Waals surface area contributed by atoms with Crippen molar-refractivity contribution in [2.45, 2.75) is 25.9 Å². The second-order valence-electron chi connectivity index (χ2n) is 8.09. The van der Waals surface area contributed by atoms with Crippen LogP contribution in [0.25, 0.3) is 0 Å². The topological polar surface area (TPSA) is 90.9 Å². The summed E-state index contributed by atoms with van der Waals surface area (Å²) in [5, 5.41) is 3.23. The molecule has 2 aliphatic rings. The van der Waals surface area contributed by atoms with Gasteiger partial charge in [-0.3, -0.25) is 14.6 Å². The monoisotopic (exact) mass is 450 g/mol. The molecule has 1 unspecified atom stereocenters. The van der Waals surface area contributed by atoms with Gasteiger partial charge < -0.3 is 15.0 Å². The van der Waals surface area contributed by atoms with Crippen molar-refractivity contribution in [1.29, 1.82) is 0 Å². The zero-order valence-corrected chi connectivity index (χ0v) is 18.9. The van der Waals surface area contributed by atoms with Crippen LogP contribution in [0.2, 0.25) is 0 Å². The van der Waals surface area contributed by atoms with Crippen LogP contribution in [0.4, 0.5) is 16.6 Å². The molecule has 0 aliphatic carbocycles. The third-order valence-corrected chi connectivity index (χ3v) is 6.12. The SMILES string of the molecule is C=CC(=O)N1CCN(C(CC)c2ccc(CNc3nccc(N4CCOC4=O)n3)cc2)CC1. The van der Waals surface area contributed by atoms with Gasteiger partial charge in [0.15, 0.2) is 0 Å². The van der Waals surface area contributed by atoms with Crippen molar-refractivity contribution >= 4 is 23.8 Å². The highest BCUT2D eigenvalue weighted by molar-refractivity contribution is 5.88. The first-order valence-corrected chi connectivity index (χ1v) is 11.3. The molecule has 2 fully saturated rings. The van der Waals surface area contributed by atoms with Gasteiger partial charge in [-0.2, -0.15) is 4.98 Å². The molecule has 9 nitrogen and oxygen atoms in total. The lowest BCUT2D eigenvalue weighted by atomic mass is 10.0. The summed E-state index contributed by atoms with van der Waals surface area (Å²) >= 11 is 0. The van der Waals surface area contributed by atoms with E-state index in [0.717, 1.165) is 38.2 Å². The number of carbonyl (C=O) groups is 2. The quantitative estimate of drug-likeness (QED) is 0.619. The Hall–Kier alpha value is -3.46. The summed E-state index contributed by atoms with van der Waals surface area (Å²) in [7, 11) is 0. The second-order valence-corrected chi connectivity index (χ2v) is 8.09. The van der Waals surface area contributed by atoms with Gasteiger partial charge in [0.1, 0.15) is 12.4 Å². The van der Waals surface area contributed by atoms with Crippen LogP contribution in [0.15, 0.2) is 49.2 Å². The lowest BCUT2D eigenvalue weighted by molar-refractivity contribution is -0.128. The van der Waals surface area contributed by atoms with E-state index in [1.54, 1.807) is 12.3 Å². The zero-order valence-electron chi connectivity index (χ0n) is 18.9. The first-order valence-electron chi connectivity index (χ1n) is 11.3. The van der Waals surface area contributed by atoms with E-state index in [0.29, 0.717) is 37.5 Å². The highest BCUT2D eigenvalue weighted by atomic mass is 16.6. The molecule has 0 bridgehead atoms. The van der Waals surface area contributed by atoms with E-state index in [4.69, 9.17) is 4.74 Å². The number of aromatic nitrogens is 2. The van der Waals surface area contributed by atoms with Crippen molar-refractivity contribution in [3.05, 3.63) is 60.3 Å². The summed E-state index contributed by atoms with van der Waals surface area (Å²) in [5.41, 5.74) is 2.39. The summed E-state index contributed by atoms with van der Waals surface area (Å²) in [6.45, 7) is 10.4. The van der Waals surface area contributed by atoms with E-state index in [-0.39, 0.29) is 12.0 Å². The van der Waals surface area contributed by atoms with Gasteiger partial charge in [0, 0.05) is 45.0 Å². The Labute approximate surface area is 194 Å². The molecular weight excluding hydrogens is 420 g/mol. The maximum atomic E-state index is 11.8. The number of piperazine rings is 1. The highest BCUT2D eigenvalue weighted by Crippen LogP contribution is 2.26. The molecule has 1 atom stereocenters. The zero-order chi connectivity index (χ0) is 23.2. The van der Waals surface area contributed by atoms with Crippen LogP contribution < -0.4 is 10.2 Å². The molecule has 0 radical (unpaired) electrons. The predicted octanol–water partition coefficient (Wildman–Crippen LogP) is 2.83. The summed E-state index contributed by atoms with van der Waals surface area (Å²) < 4.78 is 4.97. The Bertz CT molecular complexity index is 988. The summed E-state index contributed by atoms with van der Waals surface area (Å²) in [4.78, 5) is 38.1. The molecule has 2 aliphatic heterocycles. The predicted molar refractivity (Wildman–Crippen MR) is 126 cm³/mol. The number of hydrogen-bond donors (Lipinski definition) is 1. The van der Waals surface area contributed by atoms with Crippen molar-refractivity contribution in [2.75, 3.05) is 49.5 Å². The number of rotatable bonds is 8. The maximum Gasteiger partial charge on any atom is 0.415 e. The van der Waals surface area contributed by atoms with E-state index < -0.39 is 0 Å². The van der Waals surface area contributed by atoms with E-state index in [9.17, 15) is 9.59 Å². The molecule has 9 heteroatoms. The van der Waals surface area contributed by atoms with E-state index in [2.05, 4.69) is 58.0 Å². The van der Waals surface area contributed by atoms with Crippen LogP contribution in [0.5, 0.6) is 0 Å². The van der Waals surface area contributed by atoms with Gasteiger partial charge in [0.25, 0.3) is 0 Å². The third-order valence-electron chi connectivity index (χ3n) is 6.12. The Morgan fingerprint density at radius 1 is 1.18 bits per heavy atom. The Morgan fingerprint density at radius 2 is 1.94 bits per heavy atom. The number of hydrogen-bond acceptors (Lipinski definition) is 7. The Balaban J connectivity index is 1.34. The molecule has 33 heavy (non-hydrogen) atoms. The van der Waals surface area contributed by atoms with Crippen LogP contribution in [0.3, 0.4) is 0 Å². The smallest absolute Gasteiger partial charge is 0.415 e. The Morgan fingerprint density at radius 3 is 2.58 bits per heavy atom. The molecule has 4 rings (SSSR count). The van der Waals surface area contributed by atoms with Crippen molar-refractivity contribution in [3.8, 4) is 0 Å². The number of amides is 2.